The summed E-state index contributed by atoms with van der Waals surface area (Å²) in [6.07, 6.45) is 6.28. The summed E-state index contributed by atoms with van der Waals surface area (Å²) in [5, 5.41) is 0. The summed E-state index contributed by atoms with van der Waals surface area (Å²) in [7, 11) is 0. The molecule has 88 valence electrons. The molecule has 17 heavy (non-hydrogen) atoms. The molecule has 0 saturated heterocycles. The molecule has 0 atom stereocenters. The fraction of sp³-hybridized carbons (Fsp3) is 0.400. The summed E-state index contributed by atoms with van der Waals surface area (Å²) in [5.74, 6) is 0. The van der Waals surface area contributed by atoms with Crippen molar-refractivity contribution in [1.82, 2.24) is 0 Å². The van der Waals surface area contributed by atoms with Gasteiger partial charge in [0.1, 0.15) is 0 Å². The molecule has 2 rings (SSSR count). The van der Waals surface area contributed by atoms with Crippen LogP contribution in [0.2, 0.25) is 0 Å². The third-order valence-electron chi connectivity index (χ3n) is 3.11. The molecule has 2 nitrogen and oxygen atoms in total. The largest absolute Gasteiger partial charge is 0.222 e. The zero-order chi connectivity index (χ0) is 11.9. The molecule has 0 unspecified atom stereocenters. The highest BCUT2D eigenvalue weighted by atomic mass is 14.8. The van der Waals surface area contributed by atoms with Crippen LogP contribution < -0.4 is 0 Å². The second-order valence-electron chi connectivity index (χ2n) is 4.45. The fourth-order valence-corrected chi connectivity index (χ4v) is 2.08. The molecule has 0 spiro atoms. The molecule has 0 heterocycles. The molecule has 0 N–H and O–H groups in total. The average molecular weight is 226 g/mol. The summed E-state index contributed by atoms with van der Waals surface area (Å²) in [4.78, 5) is 8.55. The predicted molar refractivity (Wildman–Crippen MR) is 72.2 cm³/mol. The predicted octanol–water partition coefficient (Wildman–Crippen LogP) is 4.16. The van der Waals surface area contributed by atoms with Crippen molar-refractivity contribution < 1.29 is 0 Å². The fourth-order valence-electron chi connectivity index (χ4n) is 2.08. The second-order valence-corrected chi connectivity index (χ2v) is 4.45. The van der Waals surface area contributed by atoms with Crippen LogP contribution in [0.15, 0.2) is 46.9 Å². The third kappa shape index (κ3) is 3.69. The van der Waals surface area contributed by atoms with Crippen molar-refractivity contribution in [2.24, 2.45) is 9.98 Å². The molecule has 0 bridgehead atoms. The maximum absolute atomic E-state index is 4.37. The van der Waals surface area contributed by atoms with Crippen molar-refractivity contribution in [3.05, 3.63) is 42.5 Å². The lowest BCUT2D eigenvalue weighted by atomic mass is 9.96. The van der Waals surface area contributed by atoms with Crippen molar-refractivity contribution >= 4 is 11.7 Å². The van der Waals surface area contributed by atoms with Gasteiger partial charge in [-0.15, -0.1) is 0 Å². The first-order valence-electron chi connectivity index (χ1n) is 6.26. The smallest absolute Gasteiger partial charge is 0.0951 e. The van der Waals surface area contributed by atoms with Gasteiger partial charge < -0.3 is 0 Å². The lowest BCUT2D eigenvalue weighted by molar-refractivity contribution is 0.444. The van der Waals surface area contributed by atoms with E-state index in [4.69, 9.17) is 0 Å². The van der Waals surface area contributed by atoms with Crippen LogP contribution >= 0.6 is 0 Å². The Morgan fingerprint density at radius 3 is 2.53 bits per heavy atom. The molecular weight excluding hydrogens is 208 g/mol. The SMILES string of the molecule is C=C(N=C=NC1CCCCC1)c1ccccc1. The highest BCUT2D eigenvalue weighted by Gasteiger charge is 2.10. The lowest BCUT2D eigenvalue weighted by Crippen LogP contribution is -2.08. The molecule has 1 aliphatic rings. The van der Waals surface area contributed by atoms with Gasteiger partial charge in [-0.3, -0.25) is 0 Å². The Labute approximate surface area is 103 Å². The van der Waals surface area contributed by atoms with E-state index in [2.05, 4.69) is 22.6 Å². The Morgan fingerprint density at radius 2 is 1.82 bits per heavy atom. The molecule has 0 radical (unpaired) electrons. The molecular formula is C15H18N2. The van der Waals surface area contributed by atoms with Crippen LogP contribution in [-0.2, 0) is 0 Å². The zero-order valence-electron chi connectivity index (χ0n) is 10.1. The summed E-state index contributed by atoms with van der Waals surface area (Å²) in [6.45, 7) is 3.92. The molecule has 2 heteroatoms. The molecule has 1 fully saturated rings. The van der Waals surface area contributed by atoms with Gasteiger partial charge in [0.25, 0.3) is 0 Å². The van der Waals surface area contributed by atoms with Crippen LogP contribution in [0.4, 0.5) is 0 Å². The Kier molecular flexibility index (Phi) is 4.29. The summed E-state index contributed by atoms with van der Waals surface area (Å²) >= 11 is 0. The Bertz CT molecular complexity index is 421. The molecule has 1 aromatic rings. The Morgan fingerprint density at radius 1 is 1.12 bits per heavy atom. The third-order valence-corrected chi connectivity index (χ3v) is 3.11. The number of aliphatic imine (C=N–C) groups is 2. The Balaban J connectivity index is 1.95. The molecule has 1 saturated carbocycles. The number of nitrogens with zero attached hydrogens (tertiary/aromatic N) is 2. The lowest BCUT2D eigenvalue weighted by Gasteiger charge is -2.15. The van der Waals surface area contributed by atoms with E-state index in [1.54, 1.807) is 0 Å². The van der Waals surface area contributed by atoms with Crippen LogP contribution in [0.1, 0.15) is 37.7 Å². The van der Waals surface area contributed by atoms with E-state index in [0.717, 1.165) is 11.3 Å². The first kappa shape index (κ1) is 11.8. The highest BCUT2D eigenvalue weighted by Crippen LogP contribution is 2.19. The van der Waals surface area contributed by atoms with Crippen molar-refractivity contribution in [3.63, 3.8) is 0 Å². The minimum Gasteiger partial charge on any atom is -0.222 e. The van der Waals surface area contributed by atoms with Crippen LogP contribution in [0.5, 0.6) is 0 Å². The van der Waals surface area contributed by atoms with Gasteiger partial charge in [0.2, 0.25) is 0 Å². The van der Waals surface area contributed by atoms with E-state index >= 15 is 0 Å². The zero-order valence-corrected chi connectivity index (χ0v) is 10.1. The van der Waals surface area contributed by atoms with Crippen LogP contribution in [0, 0.1) is 0 Å². The van der Waals surface area contributed by atoms with E-state index in [1.807, 2.05) is 30.3 Å². The maximum Gasteiger partial charge on any atom is 0.0951 e. The quantitative estimate of drug-likeness (QED) is 0.691. The van der Waals surface area contributed by atoms with Crippen molar-refractivity contribution in [1.29, 1.82) is 0 Å². The molecule has 0 amide bonds. The van der Waals surface area contributed by atoms with E-state index < -0.39 is 0 Å². The van der Waals surface area contributed by atoms with Crippen LogP contribution in [-0.4, -0.2) is 12.1 Å². The second kappa shape index (κ2) is 6.17. The minimum absolute atomic E-state index is 0.427. The van der Waals surface area contributed by atoms with Crippen LogP contribution in [0.3, 0.4) is 0 Å². The van der Waals surface area contributed by atoms with Crippen molar-refractivity contribution in [2.75, 3.05) is 0 Å². The summed E-state index contributed by atoms with van der Waals surface area (Å²) in [5.41, 5.74) is 1.75. The van der Waals surface area contributed by atoms with Gasteiger partial charge in [-0.1, -0.05) is 56.2 Å². The van der Waals surface area contributed by atoms with Gasteiger partial charge in [0.15, 0.2) is 0 Å². The van der Waals surface area contributed by atoms with Crippen LogP contribution in [0.25, 0.3) is 5.70 Å². The van der Waals surface area contributed by atoms with Gasteiger partial charge in [0, 0.05) is 5.56 Å². The van der Waals surface area contributed by atoms with Gasteiger partial charge >= 0.3 is 0 Å². The first-order chi connectivity index (χ1) is 8.36. The number of benzene rings is 1. The number of hydrogen-bond donors (Lipinski definition) is 0. The first-order valence-corrected chi connectivity index (χ1v) is 6.26. The van der Waals surface area contributed by atoms with E-state index in [-0.39, 0.29) is 0 Å². The topological polar surface area (TPSA) is 24.7 Å². The van der Waals surface area contributed by atoms with E-state index in [1.165, 1.54) is 32.1 Å². The minimum atomic E-state index is 0.427. The monoisotopic (exact) mass is 226 g/mol. The van der Waals surface area contributed by atoms with Crippen molar-refractivity contribution in [3.8, 4) is 0 Å². The van der Waals surface area contributed by atoms with Gasteiger partial charge in [-0.2, -0.15) is 4.99 Å². The summed E-state index contributed by atoms with van der Waals surface area (Å²) < 4.78 is 0. The van der Waals surface area contributed by atoms with E-state index in [9.17, 15) is 0 Å². The normalized spacial score (nSPS) is 16.0. The van der Waals surface area contributed by atoms with E-state index in [0.29, 0.717) is 6.04 Å². The molecule has 0 aliphatic heterocycles. The van der Waals surface area contributed by atoms with Gasteiger partial charge in [-0.05, 0) is 12.8 Å². The highest BCUT2D eigenvalue weighted by molar-refractivity contribution is 5.67. The average Bonchev–Trinajstić information content (AvgIpc) is 2.41. The van der Waals surface area contributed by atoms with Gasteiger partial charge in [-0.25, -0.2) is 4.99 Å². The van der Waals surface area contributed by atoms with Crippen molar-refractivity contribution in [2.45, 2.75) is 38.1 Å². The number of hydrogen-bond acceptors (Lipinski definition) is 2. The number of rotatable bonds is 3. The van der Waals surface area contributed by atoms with Gasteiger partial charge in [0.05, 0.1) is 17.7 Å². The standard InChI is InChI=1S/C15H18N2/c1-13(14-8-4-2-5-9-14)16-12-17-15-10-6-3-7-11-15/h2,4-5,8-9,15H,1,3,6-7,10-11H2. The molecule has 1 aliphatic carbocycles. The molecule has 0 aromatic heterocycles. The maximum atomic E-state index is 4.37. The summed E-state index contributed by atoms with van der Waals surface area (Å²) in [6, 6.07) is 13.2. The Hall–Kier alpha value is -1.66. The molecule has 1 aromatic carbocycles.